The summed E-state index contributed by atoms with van der Waals surface area (Å²) < 4.78 is 0. The van der Waals surface area contributed by atoms with E-state index in [4.69, 9.17) is 0 Å². The first kappa shape index (κ1) is 14.5. The Kier molecular flexibility index (Phi) is 5.65. The van der Waals surface area contributed by atoms with Crippen molar-refractivity contribution in [2.75, 3.05) is 39.1 Å². The van der Waals surface area contributed by atoms with Gasteiger partial charge in [0.2, 0.25) is 5.91 Å². The zero-order valence-corrected chi connectivity index (χ0v) is 11.7. The van der Waals surface area contributed by atoms with Crippen molar-refractivity contribution in [3.8, 4) is 0 Å². The number of carbonyl (C=O) groups is 1. The molecular formula is C14H23N3O. The molecule has 0 fully saturated rings. The number of amides is 1. The predicted octanol–water partition coefficient (Wildman–Crippen LogP) is 1.32. The highest BCUT2D eigenvalue weighted by Gasteiger charge is 2.13. The minimum absolute atomic E-state index is 0.121. The fourth-order valence-electron chi connectivity index (χ4n) is 1.83. The molecule has 0 atom stereocenters. The summed E-state index contributed by atoms with van der Waals surface area (Å²) in [5, 5.41) is 3.16. The fourth-order valence-corrected chi connectivity index (χ4v) is 1.83. The third-order valence-electron chi connectivity index (χ3n) is 2.91. The van der Waals surface area contributed by atoms with Crippen molar-refractivity contribution in [2.24, 2.45) is 0 Å². The van der Waals surface area contributed by atoms with Crippen molar-refractivity contribution in [3.05, 3.63) is 29.8 Å². The lowest BCUT2D eigenvalue weighted by atomic mass is 10.1. The maximum Gasteiger partial charge on any atom is 0.241 e. The maximum absolute atomic E-state index is 11.8. The Hall–Kier alpha value is -1.55. The molecule has 18 heavy (non-hydrogen) atoms. The molecule has 0 heterocycles. The quantitative estimate of drug-likeness (QED) is 0.826. The van der Waals surface area contributed by atoms with Crippen LogP contribution in [0.4, 0.5) is 5.69 Å². The molecule has 1 amide bonds. The molecule has 0 spiro atoms. The summed E-state index contributed by atoms with van der Waals surface area (Å²) in [4.78, 5) is 15.6. The fraction of sp³-hybridized carbons (Fsp3) is 0.500. The standard InChI is InChI=1S/C14H23N3O/c1-5-17(11-14(18)16(3)4)13-9-7-6-8-12(13)10-15-2/h6-9,15H,5,10-11H2,1-4H3. The number of anilines is 1. The van der Waals surface area contributed by atoms with Crippen molar-refractivity contribution in [1.29, 1.82) is 0 Å². The zero-order chi connectivity index (χ0) is 13.5. The van der Waals surface area contributed by atoms with E-state index in [2.05, 4.69) is 29.3 Å². The Morgan fingerprint density at radius 2 is 1.94 bits per heavy atom. The van der Waals surface area contributed by atoms with Gasteiger partial charge in [-0.15, -0.1) is 0 Å². The molecule has 0 saturated heterocycles. The minimum Gasteiger partial charge on any atom is -0.362 e. The van der Waals surface area contributed by atoms with Gasteiger partial charge in [0.1, 0.15) is 0 Å². The molecule has 100 valence electrons. The zero-order valence-electron chi connectivity index (χ0n) is 11.7. The summed E-state index contributed by atoms with van der Waals surface area (Å²) in [5.41, 5.74) is 2.35. The number of carbonyl (C=O) groups excluding carboxylic acids is 1. The van der Waals surface area contributed by atoms with Crippen molar-refractivity contribution in [1.82, 2.24) is 10.2 Å². The third kappa shape index (κ3) is 3.74. The van der Waals surface area contributed by atoms with Crippen molar-refractivity contribution in [2.45, 2.75) is 13.5 Å². The second-order valence-electron chi connectivity index (χ2n) is 4.46. The smallest absolute Gasteiger partial charge is 0.241 e. The molecule has 0 bridgehead atoms. The lowest BCUT2D eigenvalue weighted by Gasteiger charge is -2.26. The molecule has 4 heteroatoms. The van der Waals surface area contributed by atoms with Crippen molar-refractivity contribution in [3.63, 3.8) is 0 Å². The van der Waals surface area contributed by atoms with E-state index in [1.165, 1.54) is 5.56 Å². The van der Waals surface area contributed by atoms with E-state index in [1.807, 2.05) is 19.2 Å². The van der Waals surface area contributed by atoms with Crippen LogP contribution in [0.1, 0.15) is 12.5 Å². The Morgan fingerprint density at radius 3 is 2.50 bits per heavy atom. The highest BCUT2D eigenvalue weighted by atomic mass is 16.2. The van der Waals surface area contributed by atoms with E-state index in [-0.39, 0.29) is 5.91 Å². The monoisotopic (exact) mass is 249 g/mol. The maximum atomic E-state index is 11.8. The normalized spacial score (nSPS) is 10.2. The second kappa shape index (κ2) is 7.01. The number of likely N-dealkylation sites (N-methyl/N-ethyl adjacent to an activating group) is 2. The van der Waals surface area contributed by atoms with Crippen LogP contribution < -0.4 is 10.2 Å². The molecule has 0 aromatic heterocycles. The largest absolute Gasteiger partial charge is 0.362 e. The molecule has 0 aliphatic carbocycles. The molecule has 1 aromatic carbocycles. The Labute approximate surface area is 110 Å². The first-order valence-corrected chi connectivity index (χ1v) is 6.27. The van der Waals surface area contributed by atoms with E-state index < -0.39 is 0 Å². The van der Waals surface area contributed by atoms with Gasteiger partial charge in [0.25, 0.3) is 0 Å². The number of nitrogens with zero attached hydrogens (tertiary/aromatic N) is 2. The molecule has 0 unspecified atom stereocenters. The minimum atomic E-state index is 0.121. The van der Waals surface area contributed by atoms with E-state index >= 15 is 0 Å². The summed E-state index contributed by atoms with van der Waals surface area (Å²) in [6.45, 7) is 4.12. The molecule has 1 N–H and O–H groups in total. The molecule has 1 aromatic rings. The average Bonchev–Trinajstić information content (AvgIpc) is 2.37. The molecule has 0 radical (unpaired) electrons. The summed E-state index contributed by atoms with van der Waals surface area (Å²) in [5.74, 6) is 0.121. The van der Waals surface area contributed by atoms with Crippen molar-refractivity contribution >= 4 is 11.6 Å². The number of hydrogen-bond donors (Lipinski definition) is 1. The van der Waals surface area contributed by atoms with Crippen LogP contribution in [-0.4, -0.2) is 45.0 Å². The van der Waals surface area contributed by atoms with Gasteiger partial charge in [-0.1, -0.05) is 18.2 Å². The number of nitrogens with one attached hydrogen (secondary N) is 1. The summed E-state index contributed by atoms with van der Waals surface area (Å²) in [7, 11) is 5.50. The lowest BCUT2D eigenvalue weighted by molar-refractivity contribution is -0.127. The van der Waals surface area contributed by atoms with Gasteiger partial charge >= 0.3 is 0 Å². The van der Waals surface area contributed by atoms with Crippen LogP contribution in [0.25, 0.3) is 0 Å². The number of hydrogen-bond acceptors (Lipinski definition) is 3. The Bertz CT molecular complexity index is 390. The molecule has 0 saturated carbocycles. The van der Waals surface area contributed by atoms with E-state index in [1.54, 1.807) is 19.0 Å². The van der Waals surface area contributed by atoms with Gasteiger partial charge in [-0.25, -0.2) is 0 Å². The van der Waals surface area contributed by atoms with Gasteiger partial charge in [0.15, 0.2) is 0 Å². The van der Waals surface area contributed by atoms with Gasteiger partial charge in [0, 0.05) is 32.9 Å². The van der Waals surface area contributed by atoms with Gasteiger partial charge in [-0.3, -0.25) is 4.79 Å². The topological polar surface area (TPSA) is 35.6 Å². The van der Waals surface area contributed by atoms with Gasteiger partial charge < -0.3 is 15.1 Å². The SMILES string of the molecule is CCN(CC(=O)N(C)C)c1ccccc1CNC. The van der Waals surface area contributed by atoms with Crippen LogP contribution in [-0.2, 0) is 11.3 Å². The molecule has 1 rings (SSSR count). The summed E-state index contributed by atoms with van der Waals surface area (Å²) in [6.07, 6.45) is 0. The molecule has 0 aliphatic rings. The van der Waals surface area contributed by atoms with Crippen LogP contribution in [0.3, 0.4) is 0 Å². The third-order valence-corrected chi connectivity index (χ3v) is 2.91. The first-order chi connectivity index (χ1) is 8.60. The van der Waals surface area contributed by atoms with Crippen LogP contribution in [0.15, 0.2) is 24.3 Å². The highest BCUT2D eigenvalue weighted by molar-refractivity contribution is 5.81. The van der Waals surface area contributed by atoms with Crippen LogP contribution in [0.2, 0.25) is 0 Å². The van der Waals surface area contributed by atoms with Crippen LogP contribution >= 0.6 is 0 Å². The first-order valence-electron chi connectivity index (χ1n) is 6.27. The predicted molar refractivity (Wildman–Crippen MR) is 75.8 cm³/mol. The average molecular weight is 249 g/mol. The molecule has 0 aliphatic heterocycles. The molecule has 4 nitrogen and oxygen atoms in total. The van der Waals surface area contributed by atoms with Gasteiger partial charge in [-0.05, 0) is 25.6 Å². The highest BCUT2D eigenvalue weighted by Crippen LogP contribution is 2.20. The van der Waals surface area contributed by atoms with E-state index in [0.717, 1.165) is 18.8 Å². The summed E-state index contributed by atoms with van der Waals surface area (Å²) >= 11 is 0. The van der Waals surface area contributed by atoms with E-state index in [9.17, 15) is 4.79 Å². The van der Waals surface area contributed by atoms with Gasteiger partial charge in [-0.2, -0.15) is 0 Å². The second-order valence-corrected chi connectivity index (χ2v) is 4.46. The number of benzene rings is 1. The van der Waals surface area contributed by atoms with Crippen molar-refractivity contribution < 1.29 is 4.79 Å². The van der Waals surface area contributed by atoms with E-state index in [0.29, 0.717) is 6.54 Å². The Balaban J connectivity index is 2.90. The lowest BCUT2D eigenvalue weighted by Crippen LogP contribution is -2.37. The van der Waals surface area contributed by atoms with Gasteiger partial charge in [0.05, 0.1) is 6.54 Å². The number of rotatable bonds is 6. The van der Waals surface area contributed by atoms with Crippen LogP contribution in [0.5, 0.6) is 0 Å². The van der Waals surface area contributed by atoms with Crippen LogP contribution in [0, 0.1) is 0 Å². The number of para-hydroxylation sites is 1. The Morgan fingerprint density at radius 1 is 1.28 bits per heavy atom. The summed E-state index contributed by atoms with van der Waals surface area (Å²) in [6, 6.07) is 8.20. The molecular weight excluding hydrogens is 226 g/mol.